The number of hydrogen-bond acceptors (Lipinski definition) is 3. The van der Waals surface area contributed by atoms with E-state index >= 15 is 0 Å². The summed E-state index contributed by atoms with van der Waals surface area (Å²) < 4.78 is 0. The standard InChI is InChI=1S/C14H15Cl2N3O3/c1-8(2)17-12(20)6-18-7-13(21)19(14(18)22)11-4-9(15)3-10(16)5-11/h3-5,8H,6-7H2,1-2H3,(H,17,20). The molecule has 8 heteroatoms. The molecule has 118 valence electrons. The number of amides is 4. The third-order valence-corrected chi connectivity index (χ3v) is 3.36. The lowest BCUT2D eigenvalue weighted by Gasteiger charge is -2.18. The minimum atomic E-state index is -0.567. The van der Waals surface area contributed by atoms with Gasteiger partial charge in [0.05, 0.1) is 5.69 Å². The van der Waals surface area contributed by atoms with Crippen LogP contribution in [0.15, 0.2) is 18.2 Å². The molecule has 1 N–H and O–H groups in total. The van der Waals surface area contributed by atoms with Crippen molar-refractivity contribution >= 4 is 46.7 Å². The molecule has 1 fully saturated rings. The molecule has 0 spiro atoms. The molecule has 0 radical (unpaired) electrons. The van der Waals surface area contributed by atoms with Gasteiger partial charge in [-0.1, -0.05) is 23.2 Å². The highest BCUT2D eigenvalue weighted by Crippen LogP contribution is 2.28. The van der Waals surface area contributed by atoms with E-state index in [0.717, 1.165) is 4.90 Å². The molecule has 1 aliphatic rings. The molecule has 6 nitrogen and oxygen atoms in total. The highest BCUT2D eigenvalue weighted by atomic mass is 35.5. The second kappa shape index (κ2) is 6.54. The highest BCUT2D eigenvalue weighted by molar-refractivity contribution is 6.35. The van der Waals surface area contributed by atoms with Crippen molar-refractivity contribution in [3.05, 3.63) is 28.2 Å². The summed E-state index contributed by atoms with van der Waals surface area (Å²) in [4.78, 5) is 38.3. The van der Waals surface area contributed by atoms with Crippen LogP contribution in [0, 0.1) is 0 Å². The fourth-order valence-corrected chi connectivity index (χ4v) is 2.65. The Morgan fingerprint density at radius 1 is 1.23 bits per heavy atom. The minimum absolute atomic E-state index is 0.0382. The van der Waals surface area contributed by atoms with E-state index in [4.69, 9.17) is 23.2 Å². The second-order valence-corrected chi connectivity index (χ2v) is 6.09. The molecule has 0 bridgehead atoms. The summed E-state index contributed by atoms with van der Waals surface area (Å²) in [6, 6.07) is 3.85. The summed E-state index contributed by atoms with van der Waals surface area (Å²) >= 11 is 11.8. The summed E-state index contributed by atoms with van der Waals surface area (Å²) in [5, 5.41) is 3.31. The van der Waals surface area contributed by atoms with E-state index < -0.39 is 11.9 Å². The van der Waals surface area contributed by atoms with Gasteiger partial charge < -0.3 is 10.2 Å². The van der Waals surface area contributed by atoms with Crippen molar-refractivity contribution in [3.8, 4) is 0 Å². The highest BCUT2D eigenvalue weighted by Gasteiger charge is 2.38. The van der Waals surface area contributed by atoms with E-state index in [0.29, 0.717) is 15.7 Å². The van der Waals surface area contributed by atoms with Crippen molar-refractivity contribution in [2.24, 2.45) is 0 Å². The Morgan fingerprint density at radius 3 is 2.36 bits per heavy atom. The molecule has 0 aromatic heterocycles. The maximum atomic E-state index is 12.3. The molecule has 22 heavy (non-hydrogen) atoms. The fraction of sp³-hybridized carbons (Fsp3) is 0.357. The van der Waals surface area contributed by atoms with E-state index in [1.54, 1.807) is 0 Å². The van der Waals surface area contributed by atoms with Crippen LogP contribution in [-0.2, 0) is 9.59 Å². The third kappa shape index (κ3) is 3.69. The first-order chi connectivity index (χ1) is 10.3. The number of benzene rings is 1. The van der Waals surface area contributed by atoms with Gasteiger partial charge in [-0.2, -0.15) is 0 Å². The molecule has 0 aliphatic carbocycles. The van der Waals surface area contributed by atoms with Gasteiger partial charge in [0.2, 0.25) is 5.91 Å². The molecule has 1 saturated heterocycles. The Morgan fingerprint density at radius 2 is 1.82 bits per heavy atom. The number of urea groups is 1. The lowest BCUT2D eigenvalue weighted by atomic mass is 10.3. The van der Waals surface area contributed by atoms with Crippen LogP contribution in [0.25, 0.3) is 0 Å². The van der Waals surface area contributed by atoms with Crippen molar-refractivity contribution < 1.29 is 14.4 Å². The molecule has 1 aromatic carbocycles. The topological polar surface area (TPSA) is 69.7 Å². The first kappa shape index (κ1) is 16.6. The predicted molar refractivity (Wildman–Crippen MR) is 84.2 cm³/mol. The van der Waals surface area contributed by atoms with E-state index in [1.165, 1.54) is 23.1 Å². The summed E-state index contributed by atoms with van der Waals surface area (Å²) in [7, 11) is 0. The van der Waals surface area contributed by atoms with Gasteiger partial charge in [0, 0.05) is 16.1 Å². The Kier molecular flexibility index (Phi) is 4.93. The van der Waals surface area contributed by atoms with Crippen LogP contribution in [0.5, 0.6) is 0 Å². The van der Waals surface area contributed by atoms with Crippen LogP contribution >= 0.6 is 23.2 Å². The molecule has 0 saturated carbocycles. The normalized spacial score (nSPS) is 15.0. The van der Waals surface area contributed by atoms with Gasteiger partial charge in [-0.3, -0.25) is 9.59 Å². The van der Waals surface area contributed by atoms with Crippen LogP contribution in [-0.4, -0.2) is 41.9 Å². The van der Waals surface area contributed by atoms with Crippen molar-refractivity contribution in [2.45, 2.75) is 19.9 Å². The summed E-state index contributed by atoms with van der Waals surface area (Å²) in [6.45, 7) is 3.30. The van der Waals surface area contributed by atoms with E-state index in [-0.39, 0.29) is 25.0 Å². The Bertz CT molecular complexity index is 614. The number of hydrogen-bond donors (Lipinski definition) is 1. The summed E-state index contributed by atoms with van der Waals surface area (Å²) in [5.74, 6) is -0.747. The third-order valence-electron chi connectivity index (χ3n) is 2.93. The number of imide groups is 1. The molecule has 0 atom stereocenters. The molecule has 1 aliphatic heterocycles. The molecule has 1 heterocycles. The van der Waals surface area contributed by atoms with Crippen LogP contribution < -0.4 is 10.2 Å². The van der Waals surface area contributed by atoms with Gasteiger partial charge in [0.25, 0.3) is 5.91 Å². The maximum absolute atomic E-state index is 12.3. The first-order valence-electron chi connectivity index (χ1n) is 6.65. The zero-order chi connectivity index (χ0) is 16.4. The van der Waals surface area contributed by atoms with Gasteiger partial charge in [-0.15, -0.1) is 0 Å². The van der Waals surface area contributed by atoms with Crippen LogP contribution in [0.4, 0.5) is 10.5 Å². The van der Waals surface area contributed by atoms with E-state index in [9.17, 15) is 14.4 Å². The van der Waals surface area contributed by atoms with Crippen molar-refractivity contribution in [2.75, 3.05) is 18.0 Å². The molecular weight excluding hydrogens is 329 g/mol. The predicted octanol–water partition coefficient (Wildman–Crippen LogP) is 2.29. The quantitative estimate of drug-likeness (QED) is 0.852. The zero-order valence-electron chi connectivity index (χ0n) is 12.1. The number of carbonyl (C=O) groups excluding carboxylic acids is 3. The molecule has 4 amide bonds. The lowest BCUT2D eigenvalue weighted by molar-refractivity contribution is -0.122. The fourth-order valence-electron chi connectivity index (χ4n) is 2.14. The van der Waals surface area contributed by atoms with Gasteiger partial charge in [0.15, 0.2) is 0 Å². The number of nitrogens with one attached hydrogen (secondary N) is 1. The Hall–Kier alpha value is -1.79. The number of rotatable bonds is 4. The maximum Gasteiger partial charge on any atom is 0.332 e. The number of carbonyl (C=O) groups is 3. The summed E-state index contributed by atoms with van der Waals surface area (Å²) in [5.41, 5.74) is 0.291. The molecule has 0 unspecified atom stereocenters. The Balaban J connectivity index is 2.16. The van der Waals surface area contributed by atoms with Crippen molar-refractivity contribution in [1.82, 2.24) is 10.2 Å². The van der Waals surface area contributed by atoms with Crippen LogP contribution in [0.1, 0.15) is 13.8 Å². The van der Waals surface area contributed by atoms with E-state index in [2.05, 4.69) is 5.32 Å². The van der Waals surface area contributed by atoms with Gasteiger partial charge in [0.1, 0.15) is 13.1 Å². The number of anilines is 1. The van der Waals surface area contributed by atoms with Crippen LogP contribution in [0.2, 0.25) is 10.0 Å². The van der Waals surface area contributed by atoms with Crippen molar-refractivity contribution in [3.63, 3.8) is 0 Å². The second-order valence-electron chi connectivity index (χ2n) is 5.22. The largest absolute Gasteiger partial charge is 0.352 e. The zero-order valence-corrected chi connectivity index (χ0v) is 13.6. The molecule has 1 aromatic rings. The van der Waals surface area contributed by atoms with Crippen molar-refractivity contribution in [1.29, 1.82) is 0 Å². The van der Waals surface area contributed by atoms with E-state index in [1.807, 2.05) is 13.8 Å². The van der Waals surface area contributed by atoms with Gasteiger partial charge in [-0.25, -0.2) is 9.69 Å². The van der Waals surface area contributed by atoms with Crippen LogP contribution in [0.3, 0.4) is 0 Å². The smallest absolute Gasteiger partial charge is 0.332 e. The first-order valence-corrected chi connectivity index (χ1v) is 7.41. The molecule has 2 rings (SSSR count). The van der Waals surface area contributed by atoms with Gasteiger partial charge >= 0.3 is 6.03 Å². The monoisotopic (exact) mass is 343 g/mol. The SMILES string of the molecule is CC(C)NC(=O)CN1CC(=O)N(c2cc(Cl)cc(Cl)c2)C1=O. The lowest BCUT2D eigenvalue weighted by Crippen LogP contribution is -2.42. The Labute approximate surface area is 138 Å². The van der Waals surface area contributed by atoms with Gasteiger partial charge in [-0.05, 0) is 32.0 Å². The number of nitrogens with zero attached hydrogens (tertiary/aromatic N) is 2. The molecular formula is C14H15Cl2N3O3. The average molecular weight is 344 g/mol. The summed E-state index contributed by atoms with van der Waals surface area (Å²) in [6.07, 6.45) is 0. The number of halogens is 2. The minimum Gasteiger partial charge on any atom is -0.352 e. The average Bonchev–Trinajstić information content (AvgIpc) is 2.61.